The molecule has 0 saturated heterocycles. The van der Waals surface area contributed by atoms with Gasteiger partial charge in [0.15, 0.2) is 0 Å². The van der Waals surface area contributed by atoms with E-state index in [4.69, 9.17) is 18.0 Å². The van der Waals surface area contributed by atoms with Crippen LogP contribution in [-0.4, -0.2) is 4.98 Å². The van der Waals surface area contributed by atoms with Gasteiger partial charge < -0.3 is 0 Å². The Balaban J connectivity index is 3.31. The first kappa shape index (κ1) is 7.11. The summed E-state index contributed by atoms with van der Waals surface area (Å²) >= 11 is 5.79. The quantitative estimate of drug-likeness (QED) is 0.517. The Morgan fingerprint density at radius 3 is 2.90 bits per heavy atom. The molecule has 0 fully saturated rings. The molecule has 10 heavy (non-hydrogen) atoms. The number of halogens is 1. The minimum absolute atomic E-state index is 0.574. The summed E-state index contributed by atoms with van der Waals surface area (Å²) in [6.07, 6.45) is 6.81. The zero-order valence-corrected chi connectivity index (χ0v) is 6.31. The molecule has 0 aliphatic heterocycles. The molecule has 1 rings (SSSR count). The average molecular weight is 152 g/mol. The first-order chi connectivity index (χ1) is 4.75. The minimum atomic E-state index is 0.574. The number of rotatable bonds is 0. The van der Waals surface area contributed by atoms with Crippen LogP contribution in [0.25, 0.3) is 0 Å². The number of aryl methyl sites for hydroxylation is 1. The number of hydrogen-bond donors (Lipinski definition) is 0. The van der Waals surface area contributed by atoms with Gasteiger partial charge in [0.05, 0.1) is 10.7 Å². The Morgan fingerprint density at radius 1 is 1.70 bits per heavy atom. The third kappa shape index (κ3) is 1.12. The second-order valence-corrected chi connectivity index (χ2v) is 2.28. The molecule has 0 radical (unpaired) electrons. The average Bonchev–Trinajstić information content (AvgIpc) is 1.95. The van der Waals surface area contributed by atoms with Gasteiger partial charge in [-0.1, -0.05) is 17.5 Å². The number of hydrogen-bond acceptors (Lipinski definition) is 1. The number of nitrogens with zero attached hydrogens (tertiary/aromatic N) is 1. The van der Waals surface area contributed by atoms with Gasteiger partial charge in [-0.05, 0) is 13.0 Å². The van der Waals surface area contributed by atoms with Crippen molar-refractivity contribution in [1.29, 1.82) is 0 Å². The van der Waals surface area contributed by atoms with E-state index in [-0.39, 0.29) is 0 Å². The second-order valence-electron chi connectivity index (χ2n) is 1.90. The molecule has 2 heteroatoms. The fourth-order valence-electron chi connectivity index (χ4n) is 0.660. The molecule has 1 heterocycles. The van der Waals surface area contributed by atoms with Gasteiger partial charge in [-0.15, -0.1) is 6.42 Å². The molecule has 0 amide bonds. The van der Waals surface area contributed by atoms with Gasteiger partial charge >= 0.3 is 0 Å². The van der Waals surface area contributed by atoms with E-state index in [2.05, 4.69) is 10.9 Å². The van der Waals surface area contributed by atoms with Gasteiger partial charge in [-0.25, -0.2) is 0 Å². The van der Waals surface area contributed by atoms with Crippen molar-refractivity contribution < 1.29 is 0 Å². The first-order valence-electron chi connectivity index (χ1n) is 2.83. The number of pyridine rings is 1. The van der Waals surface area contributed by atoms with Crippen LogP contribution in [0.3, 0.4) is 0 Å². The van der Waals surface area contributed by atoms with Crippen molar-refractivity contribution >= 4 is 11.6 Å². The molecule has 50 valence electrons. The lowest BCUT2D eigenvalue weighted by Gasteiger charge is -1.96. The zero-order chi connectivity index (χ0) is 7.56. The number of aromatic nitrogens is 1. The van der Waals surface area contributed by atoms with Crippen molar-refractivity contribution in [3.8, 4) is 12.3 Å². The lowest BCUT2D eigenvalue weighted by Crippen LogP contribution is -1.84. The van der Waals surface area contributed by atoms with E-state index in [0.717, 1.165) is 5.69 Å². The highest BCUT2D eigenvalue weighted by atomic mass is 35.5. The van der Waals surface area contributed by atoms with Crippen LogP contribution in [0.2, 0.25) is 5.02 Å². The van der Waals surface area contributed by atoms with E-state index in [9.17, 15) is 0 Å². The van der Waals surface area contributed by atoms with Gasteiger partial charge in [0.25, 0.3) is 0 Å². The van der Waals surface area contributed by atoms with E-state index in [1.54, 1.807) is 12.3 Å². The molecule has 0 unspecified atom stereocenters. The summed E-state index contributed by atoms with van der Waals surface area (Å²) in [7, 11) is 0. The number of terminal acetylenes is 1. The monoisotopic (exact) mass is 151 g/mol. The lowest BCUT2D eigenvalue weighted by molar-refractivity contribution is 1.19. The van der Waals surface area contributed by atoms with Crippen molar-refractivity contribution in [2.45, 2.75) is 6.92 Å². The largest absolute Gasteiger partial charge is 0.260 e. The van der Waals surface area contributed by atoms with Crippen molar-refractivity contribution in [1.82, 2.24) is 4.98 Å². The fraction of sp³-hybridized carbons (Fsp3) is 0.125. The molecular weight excluding hydrogens is 146 g/mol. The highest BCUT2D eigenvalue weighted by Gasteiger charge is 1.98. The van der Waals surface area contributed by atoms with Gasteiger partial charge in [-0.2, -0.15) is 0 Å². The topological polar surface area (TPSA) is 12.9 Å². The maximum atomic E-state index is 5.79. The van der Waals surface area contributed by atoms with Crippen LogP contribution in [0.4, 0.5) is 0 Å². The maximum absolute atomic E-state index is 5.79. The Bertz CT molecular complexity index is 286. The van der Waals surface area contributed by atoms with Crippen LogP contribution in [0.15, 0.2) is 12.3 Å². The summed E-state index contributed by atoms with van der Waals surface area (Å²) in [5.74, 6) is 2.46. The smallest absolute Gasteiger partial charge is 0.0774 e. The summed E-state index contributed by atoms with van der Waals surface area (Å²) in [5, 5.41) is 0.574. The van der Waals surface area contributed by atoms with Crippen LogP contribution >= 0.6 is 11.6 Å². The van der Waals surface area contributed by atoms with E-state index < -0.39 is 0 Å². The molecule has 0 bridgehead atoms. The van der Waals surface area contributed by atoms with Crippen molar-refractivity contribution in [2.75, 3.05) is 0 Å². The van der Waals surface area contributed by atoms with Gasteiger partial charge in [-0.3, -0.25) is 4.98 Å². The maximum Gasteiger partial charge on any atom is 0.0774 e. The first-order valence-corrected chi connectivity index (χ1v) is 3.21. The van der Waals surface area contributed by atoms with Crippen LogP contribution in [0, 0.1) is 19.3 Å². The highest BCUT2D eigenvalue weighted by Crippen LogP contribution is 2.16. The summed E-state index contributed by atoms with van der Waals surface area (Å²) in [4.78, 5) is 3.96. The van der Waals surface area contributed by atoms with Crippen LogP contribution in [0.1, 0.15) is 11.3 Å². The zero-order valence-electron chi connectivity index (χ0n) is 5.56. The van der Waals surface area contributed by atoms with E-state index in [1.807, 2.05) is 6.92 Å². The molecule has 0 spiro atoms. The summed E-state index contributed by atoms with van der Waals surface area (Å²) < 4.78 is 0. The van der Waals surface area contributed by atoms with Crippen molar-refractivity contribution in [2.24, 2.45) is 0 Å². The van der Waals surface area contributed by atoms with Crippen LogP contribution < -0.4 is 0 Å². The Kier molecular flexibility index (Phi) is 1.94. The standard InChI is InChI=1S/C8H6ClN/c1-3-7-4-5-10-6(2)8(7)9/h1,4-5H,2H3. The van der Waals surface area contributed by atoms with Gasteiger partial charge in [0.2, 0.25) is 0 Å². The molecule has 0 atom stereocenters. The predicted octanol–water partition coefficient (Wildman–Crippen LogP) is 2.02. The second kappa shape index (κ2) is 2.72. The normalized spacial score (nSPS) is 8.90. The summed E-state index contributed by atoms with van der Waals surface area (Å²) in [6.45, 7) is 1.82. The van der Waals surface area contributed by atoms with Gasteiger partial charge in [0, 0.05) is 11.8 Å². The van der Waals surface area contributed by atoms with Gasteiger partial charge in [0.1, 0.15) is 0 Å². The Hall–Kier alpha value is -1.00. The summed E-state index contributed by atoms with van der Waals surface area (Å²) in [5.41, 5.74) is 1.48. The third-order valence-corrected chi connectivity index (χ3v) is 1.70. The molecule has 0 aliphatic rings. The molecule has 0 N–H and O–H groups in total. The minimum Gasteiger partial charge on any atom is -0.260 e. The molecule has 0 aliphatic carbocycles. The highest BCUT2D eigenvalue weighted by molar-refractivity contribution is 6.32. The molecular formula is C8H6ClN. The van der Waals surface area contributed by atoms with Crippen LogP contribution in [-0.2, 0) is 0 Å². The molecule has 0 saturated carbocycles. The fourth-order valence-corrected chi connectivity index (χ4v) is 0.826. The molecule has 1 aromatic heterocycles. The SMILES string of the molecule is C#Cc1ccnc(C)c1Cl. The third-order valence-electron chi connectivity index (χ3n) is 1.22. The molecule has 0 aromatic carbocycles. The molecule has 1 nitrogen and oxygen atoms in total. The van der Waals surface area contributed by atoms with E-state index in [1.165, 1.54) is 0 Å². The Labute approximate surface area is 65.0 Å². The van der Waals surface area contributed by atoms with E-state index in [0.29, 0.717) is 10.6 Å². The van der Waals surface area contributed by atoms with Crippen LogP contribution in [0.5, 0.6) is 0 Å². The molecule has 1 aromatic rings. The summed E-state index contributed by atoms with van der Waals surface area (Å²) in [6, 6.07) is 1.72. The van der Waals surface area contributed by atoms with E-state index >= 15 is 0 Å². The Morgan fingerprint density at radius 2 is 2.40 bits per heavy atom. The van der Waals surface area contributed by atoms with Crippen molar-refractivity contribution in [3.63, 3.8) is 0 Å². The lowest BCUT2D eigenvalue weighted by atomic mass is 10.2. The predicted molar refractivity (Wildman–Crippen MR) is 41.9 cm³/mol. The van der Waals surface area contributed by atoms with Crippen molar-refractivity contribution in [3.05, 3.63) is 28.5 Å².